The third-order valence-corrected chi connectivity index (χ3v) is 6.95. The summed E-state index contributed by atoms with van der Waals surface area (Å²) in [6.45, 7) is 4.32. The van der Waals surface area contributed by atoms with Crippen molar-refractivity contribution >= 4 is 29.0 Å². The first-order valence-electron chi connectivity index (χ1n) is 10.5. The van der Waals surface area contributed by atoms with Gasteiger partial charge in [0.1, 0.15) is 11.6 Å². The first-order chi connectivity index (χ1) is 16.6. The van der Waals surface area contributed by atoms with Gasteiger partial charge in [0.2, 0.25) is 5.91 Å². The Hall–Kier alpha value is -3.43. The highest BCUT2D eigenvalue weighted by molar-refractivity contribution is 7.99. The zero-order valence-corrected chi connectivity index (χ0v) is 20.1. The molecule has 1 amide bonds. The van der Waals surface area contributed by atoms with Gasteiger partial charge >= 0.3 is 0 Å². The van der Waals surface area contributed by atoms with Gasteiger partial charge in [-0.25, -0.2) is 4.39 Å². The van der Waals surface area contributed by atoms with E-state index >= 15 is 0 Å². The van der Waals surface area contributed by atoms with Gasteiger partial charge in [0.25, 0.3) is 0 Å². The van der Waals surface area contributed by atoms with E-state index in [-0.39, 0.29) is 23.5 Å². The molecular weight excluding hydrogens is 471 g/mol. The smallest absolute Gasteiger partial charge is 0.231 e. The lowest BCUT2D eigenvalue weighted by molar-refractivity contribution is -0.119. The number of rotatable bonds is 10. The number of thioether (sulfide) groups is 1. The van der Waals surface area contributed by atoms with Crippen LogP contribution in [-0.2, 0) is 11.3 Å². The van der Waals surface area contributed by atoms with E-state index in [4.69, 9.17) is 4.74 Å². The van der Waals surface area contributed by atoms with Gasteiger partial charge in [0, 0.05) is 11.4 Å². The number of allylic oxidation sites excluding steroid dienone is 1. The van der Waals surface area contributed by atoms with Gasteiger partial charge in [-0.15, -0.1) is 28.1 Å². The summed E-state index contributed by atoms with van der Waals surface area (Å²) < 4.78 is 20.8. The highest BCUT2D eigenvalue weighted by atomic mass is 32.2. The maximum absolute atomic E-state index is 13.4. The Kier molecular flexibility index (Phi) is 7.76. The second-order valence-electron chi connectivity index (χ2n) is 7.26. The van der Waals surface area contributed by atoms with Crippen LogP contribution >= 0.6 is 23.1 Å². The number of hydrogen-bond donors (Lipinski definition) is 1. The molecule has 9 heteroatoms. The molecule has 0 radical (unpaired) electrons. The van der Waals surface area contributed by atoms with Crippen LogP contribution in [0.5, 0.6) is 5.75 Å². The molecule has 174 valence electrons. The molecule has 1 atom stereocenters. The number of methoxy groups -OCH3 is 1. The van der Waals surface area contributed by atoms with Crippen molar-refractivity contribution in [3.63, 3.8) is 0 Å². The molecule has 6 nitrogen and oxygen atoms in total. The number of aromatic nitrogens is 3. The van der Waals surface area contributed by atoms with Gasteiger partial charge in [0.05, 0.1) is 24.5 Å². The number of carbonyl (C=O) groups excluding carboxylic acids is 1. The zero-order chi connectivity index (χ0) is 23.9. The highest BCUT2D eigenvalue weighted by Gasteiger charge is 2.21. The summed E-state index contributed by atoms with van der Waals surface area (Å²) in [5.41, 5.74) is 1.63. The molecule has 0 aliphatic carbocycles. The Labute approximate surface area is 205 Å². The molecule has 0 saturated heterocycles. The lowest BCUT2D eigenvalue weighted by atomic mass is 10.1. The van der Waals surface area contributed by atoms with Crippen molar-refractivity contribution in [1.82, 2.24) is 20.1 Å². The Bertz CT molecular complexity index is 1260. The Morgan fingerprint density at radius 2 is 2.00 bits per heavy atom. The van der Waals surface area contributed by atoms with E-state index in [1.165, 1.54) is 35.2 Å². The summed E-state index contributed by atoms with van der Waals surface area (Å²) in [6.07, 6.45) is 1.76. The fourth-order valence-corrected chi connectivity index (χ4v) is 5.04. The number of ether oxygens (including phenoxy) is 1. The molecule has 2 aromatic heterocycles. The lowest BCUT2D eigenvalue weighted by Gasteiger charge is -2.18. The monoisotopic (exact) mass is 494 g/mol. The average Bonchev–Trinajstić information content (AvgIpc) is 3.53. The van der Waals surface area contributed by atoms with Crippen molar-refractivity contribution in [3.8, 4) is 17.1 Å². The van der Waals surface area contributed by atoms with Crippen molar-refractivity contribution in [2.75, 3.05) is 12.9 Å². The van der Waals surface area contributed by atoms with E-state index in [2.05, 4.69) is 22.1 Å². The third-order valence-electron chi connectivity index (χ3n) is 5.05. The van der Waals surface area contributed by atoms with E-state index in [1.54, 1.807) is 25.3 Å². The van der Waals surface area contributed by atoms with Crippen LogP contribution in [0.25, 0.3) is 11.4 Å². The fourth-order valence-electron chi connectivity index (χ4n) is 3.48. The lowest BCUT2D eigenvalue weighted by Crippen LogP contribution is -2.30. The normalized spacial score (nSPS) is 11.7. The zero-order valence-electron chi connectivity index (χ0n) is 18.5. The Balaban J connectivity index is 1.51. The fraction of sp³-hybridized carbons (Fsp3) is 0.160. The van der Waals surface area contributed by atoms with E-state index in [1.807, 2.05) is 46.3 Å². The number of carbonyl (C=O) groups is 1. The van der Waals surface area contributed by atoms with Crippen LogP contribution in [0.2, 0.25) is 0 Å². The molecule has 0 saturated carbocycles. The first-order valence-corrected chi connectivity index (χ1v) is 12.4. The molecule has 34 heavy (non-hydrogen) atoms. The minimum atomic E-state index is -0.358. The topological polar surface area (TPSA) is 69.0 Å². The van der Waals surface area contributed by atoms with Crippen LogP contribution in [0, 0.1) is 5.82 Å². The maximum atomic E-state index is 13.4. The molecule has 0 aliphatic rings. The largest absolute Gasteiger partial charge is 0.496 e. The van der Waals surface area contributed by atoms with E-state index < -0.39 is 0 Å². The van der Waals surface area contributed by atoms with Crippen molar-refractivity contribution in [1.29, 1.82) is 0 Å². The minimum Gasteiger partial charge on any atom is -0.496 e. The van der Waals surface area contributed by atoms with Crippen molar-refractivity contribution in [2.24, 2.45) is 0 Å². The van der Waals surface area contributed by atoms with Crippen molar-refractivity contribution < 1.29 is 13.9 Å². The average molecular weight is 495 g/mol. The predicted molar refractivity (Wildman–Crippen MR) is 134 cm³/mol. The van der Waals surface area contributed by atoms with E-state index in [0.717, 1.165) is 16.0 Å². The highest BCUT2D eigenvalue weighted by Crippen LogP contribution is 2.31. The molecule has 0 fully saturated rings. The molecular formula is C25H23FN4O2S2. The molecule has 1 unspecified atom stereocenters. The second kappa shape index (κ2) is 11.1. The molecule has 4 aromatic rings. The number of para-hydroxylation sites is 1. The van der Waals surface area contributed by atoms with Gasteiger partial charge in [0.15, 0.2) is 11.0 Å². The van der Waals surface area contributed by atoms with Crippen LogP contribution in [0.1, 0.15) is 16.5 Å². The molecule has 4 rings (SSSR count). The summed E-state index contributed by atoms with van der Waals surface area (Å²) in [4.78, 5) is 13.9. The van der Waals surface area contributed by atoms with Crippen LogP contribution in [-0.4, -0.2) is 33.5 Å². The minimum absolute atomic E-state index is 0.143. The number of halogens is 1. The summed E-state index contributed by atoms with van der Waals surface area (Å²) in [5.74, 6) is 0.989. The second-order valence-corrected chi connectivity index (χ2v) is 9.18. The van der Waals surface area contributed by atoms with Gasteiger partial charge in [-0.2, -0.15) is 0 Å². The van der Waals surface area contributed by atoms with Gasteiger partial charge in [-0.1, -0.05) is 48.2 Å². The summed E-state index contributed by atoms with van der Waals surface area (Å²) in [7, 11) is 1.61. The summed E-state index contributed by atoms with van der Waals surface area (Å²) >= 11 is 2.83. The van der Waals surface area contributed by atoms with Gasteiger partial charge in [-0.3, -0.25) is 9.36 Å². The summed E-state index contributed by atoms with van der Waals surface area (Å²) in [5, 5.41) is 14.3. The van der Waals surface area contributed by atoms with Crippen LogP contribution in [0.3, 0.4) is 0 Å². The maximum Gasteiger partial charge on any atom is 0.231 e. The molecule has 1 N–H and O–H groups in total. The van der Waals surface area contributed by atoms with E-state index in [9.17, 15) is 9.18 Å². The third kappa shape index (κ3) is 5.37. The number of hydrogen-bond acceptors (Lipinski definition) is 6. The van der Waals surface area contributed by atoms with Crippen LogP contribution in [0.15, 0.2) is 83.9 Å². The molecule has 0 bridgehead atoms. The predicted octanol–water partition coefficient (Wildman–Crippen LogP) is 5.34. The molecule has 0 spiro atoms. The Morgan fingerprint density at radius 1 is 1.21 bits per heavy atom. The number of amides is 1. The molecule has 2 heterocycles. The van der Waals surface area contributed by atoms with Crippen LogP contribution < -0.4 is 10.1 Å². The number of nitrogens with one attached hydrogen (secondary N) is 1. The van der Waals surface area contributed by atoms with Crippen LogP contribution in [0.4, 0.5) is 4.39 Å². The van der Waals surface area contributed by atoms with Crippen molar-refractivity contribution in [2.45, 2.75) is 17.7 Å². The summed E-state index contributed by atoms with van der Waals surface area (Å²) in [6, 6.07) is 17.3. The van der Waals surface area contributed by atoms with E-state index in [0.29, 0.717) is 23.3 Å². The van der Waals surface area contributed by atoms with Crippen molar-refractivity contribution in [3.05, 3.63) is 95.0 Å². The molecule has 2 aromatic carbocycles. The standard InChI is InChI=1S/C25H23FN4O2S2/c1-3-14-30-24(19-7-4-5-8-20(19)32-2)28-29-25(30)34-16-22(31)27-23(21-9-6-15-33-21)17-10-12-18(26)13-11-17/h3-13,15,23H,1,14,16H2,2H3,(H,27,31). The first kappa shape index (κ1) is 23.7. The van der Waals surface area contributed by atoms with Gasteiger partial charge < -0.3 is 10.1 Å². The number of thiophene rings is 1. The number of benzene rings is 2. The molecule has 0 aliphatic heterocycles. The SMILES string of the molecule is C=CCn1c(SCC(=O)NC(c2ccc(F)cc2)c2cccs2)nnc1-c1ccccc1OC. The Morgan fingerprint density at radius 3 is 2.71 bits per heavy atom. The quantitative estimate of drug-likeness (QED) is 0.238. The van der Waals surface area contributed by atoms with Gasteiger partial charge in [-0.05, 0) is 41.3 Å². The number of nitrogens with zero attached hydrogens (tertiary/aromatic N) is 3.